The molecule has 0 saturated heterocycles. The average Bonchev–Trinajstić information content (AvgIpc) is 2.38. The van der Waals surface area contributed by atoms with E-state index in [1.54, 1.807) is 6.08 Å². The second-order valence-electron chi connectivity index (χ2n) is 4.76. The Kier molecular flexibility index (Phi) is 5.61. The van der Waals surface area contributed by atoms with E-state index in [9.17, 15) is 4.79 Å². The SMILES string of the molecule is CCC(C)N(CC)c1ccc(C=CC(=O)O)cc1C. The fraction of sp³-hybridized carbons (Fsp3) is 0.438. The third kappa shape index (κ3) is 4.12. The maximum absolute atomic E-state index is 10.5. The van der Waals surface area contributed by atoms with Crippen LogP contribution >= 0.6 is 0 Å². The van der Waals surface area contributed by atoms with Crippen LogP contribution in [0.4, 0.5) is 5.69 Å². The summed E-state index contributed by atoms with van der Waals surface area (Å²) in [7, 11) is 0. The highest BCUT2D eigenvalue weighted by Gasteiger charge is 2.12. The summed E-state index contributed by atoms with van der Waals surface area (Å²) in [6.07, 6.45) is 3.90. The highest BCUT2D eigenvalue weighted by molar-refractivity contribution is 5.85. The van der Waals surface area contributed by atoms with E-state index in [0.717, 1.165) is 18.5 Å². The smallest absolute Gasteiger partial charge is 0.328 e. The molecule has 0 aromatic heterocycles. The molecule has 0 fully saturated rings. The number of carbonyl (C=O) groups is 1. The number of carboxylic acid groups (broad SMARTS) is 1. The summed E-state index contributed by atoms with van der Waals surface area (Å²) in [5.41, 5.74) is 3.32. The number of nitrogens with zero attached hydrogens (tertiary/aromatic N) is 1. The standard InChI is InChI=1S/C16H23NO2/c1-5-13(4)17(6-2)15-9-7-14(11-12(15)3)8-10-16(18)19/h7-11,13H,5-6H2,1-4H3,(H,18,19). The van der Waals surface area contributed by atoms with E-state index in [2.05, 4.69) is 38.7 Å². The molecule has 0 heterocycles. The first-order valence-corrected chi connectivity index (χ1v) is 6.77. The molecule has 1 aromatic carbocycles. The molecule has 0 bridgehead atoms. The van der Waals surface area contributed by atoms with Gasteiger partial charge in [-0.1, -0.05) is 13.0 Å². The molecule has 0 aliphatic rings. The maximum Gasteiger partial charge on any atom is 0.328 e. The fourth-order valence-electron chi connectivity index (χ4n) is 2.21. The van der Waals surface area contributed by atoms with Crippen molar-refractivity contribution in [2.45, 2.75) is 40.2 Å². The van der Waals surface area contributed by atoms with Crippen LogP contribution in [0.15, 0.2) is 24.3 Å². The molecule has 0 radical (unpaired) electrons. The molecule has 3 nitrogen and oxygen atoms in total. The molecule has 104 valence electrons. The molecule has 0 amide bonds. The second kappa shape index (κ2) is 6.98. The zero-order valence-electron chi connectivity index (χ0n) is 12.2. The van der Waals surface area contributed by atoms with E-state index < -0.39 is 5.97 Å². The van der Waals surface area contributed by atoms with Gasteiger partial charge in [-0.05, 0) is 56.5 Å². The quantitative estimate of drug-likeness (QED) is 0.793. The van der Waals surface area contributed by atoms with Gasteiger partial charge in [0.05, 0.1) is 0 Å². The van der Waals surface area contributed by atoms with Gasteiger partial charge >= 0.3 is 5.97 Å². The van der Waals surface area contributed by atoms with E-state index in [-0.39, 0.29) is 0 Å². The van der Waals surface area contributed by atoms with Crippen LogP contribution in [0.25, 0.3) is 6.08 Å². The largest absolute Gasteiger partial charge is 0.478 e. The number of benzene rings is 1. The number of anilines is 1. The molecule has 0 aliphatic carbocycles. The van der Waals surface area contributed by atoms with Crippen LogP contribution in [-0.2, 0) is 4.79 Å². The van der Waals surface area contributed by atoms with Gasteiger partial charge in [-0.2, -0.15) is 0 Å². The van der Waals surface area contributed by atoms with E-state index >= 15 is 0 Å². The van der Waals surface area contributed by atoms with Crippen LogP contribution in [0.2, 0.25) is 0 Å². The first-order chi connectivity index (χ1) is 8.99. The lowest BCUT2D eigenvalue weighted by Gasteiger charge is -2.31. The topological polar surface area (TPSA) is 40.5 Å². The highest BCUT2D eigenvalue weighted by atomic mass is 16.4. The van der Waals surface area contributed by atoms with Crippen molar-refractivity contribution >= 4 is 17.7 Å². The summed E-state index contributed by atoms with van der Waals surface area (Å²) in [6.45, 7) is 9.61. The summed E-state index contributed by atoms with van der Waals surface area (Å²) in [4.78, 5) is 12.9. The van der Waals surface area contributed by atoms with Gasteiger partial charge in [-0.3, -0.25) is 0 Å². The van der Waals surface area contributed by atoms with Crippen molar-refractivity contribution < 1.29 is 9.90 Å². The molecule has 3 heteroatoms. The van der Waals surface area contributed by atoms with Gasteiger partial charge in [0.25, 0.3) is 0 Å². The minimum Gasteiger partial charge on any atom is -0.478 e. The molecular weight excluding hydrogens is 238 g/mol. The third-order valence-electron chi connectivity index (χ3n) is 3.41. The molecule has 19 heavy (non-hydrogen) atoms. The Morgan fingerprint density at radius 1 is 1.42 bits per heavy atom. The number of aryl methyl sites for hydroxylation is 1. The van der Waals surface area contributed by atoms with Crippen LogP contribution in [0.3, 0.4) is 0 Å². The predicted octanol–water partition coefficient (Wildman–Crippen LogP) is 3.72. The van der Waals surface area contributed by atoms with Crippen molar-refractivity contribution in [1.82, 2.24) is 0 Å². The number of hydrogen-bond acceptors (Lipinski definition) is 2. The van der Waals surface area contributed by atoms with Crippen molar-refractivity contribution in [3.8, 4) is 0 Å². The Morgan fingerprint density at radius 2 is 2.11 bits per heavy atom. The Labute approximate surface area is 115 Å². The number of hydrogen-bond donors (Lipinski definition) is 1. The van der Waals surface area contributed by atoms with Crippen molar-refractivity contribution in [2.24, 2.45) is 0 Å². The van der Waals surface area contributed by atoms with Gasteiger partial charge in [0.1, 0.15) is 0 Å². The van der Waals surface area contributed by atoms with E-state index in [0.29, 0.717) is 6.04 Å². The van der Waals surface area contributed by atoms with E-state index in [1.165, 1.54) is 17.3 Å². The van der Waals surface area contributed by atoms with E-state index in [4.69, 9.17) is 5.11 Å². The second-order valence-corrected chi connectivity index (χ2v) is 4.76. The summed E-state index contributed by atoms with van der Waals surface area (Å²) >= 11 is 0. The number of aliphatic carboxylic acids is 1. The predicted molar refractivity (Wildman–Crippen MR) is 80.6 cm³/mol. The Bertz CT molecular complexity index is 466. The Hall–Kier alpha value is -1.77. The lowest BCUT2D eigenvalue weighted by atomic mass is 10.1. The summed E-state index contributed by atoms with van der Waals surface area (Å²) < 4.78 is 0. The summed E-state index contributed by atoms with van der Waals surface area (Å²) in [5, 5.41) is 8.63. The zero-order valence-corrected chi connectivity index (χ0v) is 12.2. The van der Waals surface area contributed by atoms with Crippen molar-refractivity contribution in [3.05, 3.63) is 35.4 Å². The summed E-state index contributed by atoms with van der Waals surface area (Å²) in [5.74, 6) is -0.920. The fourth-order valence-corrected chi connectivity index (χ4v) is 2.21. The Balaban J connectivity index is 3.02. The highest BCUT2D eigenvalue weighted by Crippen LogP contribution is 2.24. The van der Waals surface area contributed by atoms with Crippen LogP contribution in [0.5, 0.6) is 0 Å². The van der Waals surface area contributed by atoms with Gasteiger partial charge < -0.3 is 10.0 Å². The van der Waals surface area contributed by atoms with Crippen molar-refractivity contribution in [3.63, 3.8) is 0 Å². The maximum atomic E-state index is 10.5. The lowest BCUT2D eigenvalue weighted by molar-refractivity contribution is -0.131. The van der Waals surface area contributed by atoms with Gasteiger partial charge in [-0.25, -0.2) is 4.79 Å². The molecule has 1 rings (SSSR count). The van der Waals surface area contributed by atoms with Crippen LogP contribution in [-0.4, -0.2) is 23.7 Å². The zero-order chi connectivity index (χ0) is 14.4. The van der Waals surface area contributed by atoms with Gasteiger partial charge in [0.15, 0.2) is 0 Å². The normalized spacial score (nSPS) is 12.6. The van der Waals surface area contributed by atoms with E-state index in [1.807, 2.05) is 12.1 Å². The van der Waals surface area contributed by atoms with Crippen LogP contribution in [0.1, 0.15) is 38.3 Å². The molecule has 0 spiro atoms. The molecule has 1 N–H and O–H groups in total. The molecule has 1 atom stereocenters. The van der Waals surface area contributed by atoms with Crippen LogP contribution < -0.4 is 4.90 Å². The van der Waals surface area contributed by atoms with Crippen molar-refractivity contribution in [2.75, 3.05) is 11.4 Å². The molecule has 0 aliphatic heterocycles. The molecular formula is C16H23NO2. The number of carboxylic acids is 1. The van der Waals surface area contributed by atoms with Gasteiger partial charge in [0.2, 0.25) is 0 Å². The Morgan fingerprint density at radius 3 is 2.58 bits per heavy atom. The summed E-state index contributed by atoms with van der Waals surface area (Å²) in [6, 6.07) is 6.57. The van der Waals surface area contributed by atoms with Crippen molar-refractivity contribution in [1.29, 1.82) is 0 Å². The monoisotopic (exact) mass is 261 g/mol. The van der Waals surface area contributed by atoms with Gasteiger partial charge in [0, 0.05) is 24.4 Å². The van der Waals surface area contributed by atoms with Gasteiger partial charge in [-0.15, -0.1) is 0 Å². The molecule has 1 unspecified atom stereocenters. The molecule has 1 aromatic rings. The number of rotatable bonds is 6. The lowest BCUT2D eigenvalue weighted by Crippen LogP contribution is -2.32. The first-order valence-electron chi connectivity index (χ1n) is 6.77. The minimum absolute atomic E-state index is 0.504. The first kappa shape index (κ1) is 15.3. The molecule has 0 saturated carbocycles. The third-order valence-corrected chi connectivity index (χ3v) is 3.41. The average molecular weight is 261 g/mol. The minimum atomic E-state index is -0.920. The van der Waals surface area contributed by atoms with Crippen LogP contribution in [0, 0.1) is 6.92 Å².